The standard InChI is InChI=1S/C24H24O3S/c1-5-16-11-18(21-8-7-20(13-25)28-21)9-14(3)22(16)19-10-15(4)23(24(26)27)17(6-2)12-19/h7-13H,5-6H2,1-4H3,(H,26,27). The van der Waals surface area contributed by atoms with E-state index in [0.29, 0.717) is 12.0 Å². The van der Waals surface area contributed by atoms with Gasteiger partial charge in [-0.2, -0.15) is 0 Å². The van der Waals surface area contributed by atoms with Gasteiger partial charge in [-0.05, 0) is 89.9 Å². The third-order valence-corrected chi connectivity index (χ3v) is 6.19. The summed E-state index contributed by atoms with van der Waals surface area (Å²) < 4.78 is 0. The summed E-state index contributed by atoms with van der Waals surface area (Å²) in [6, 6.07) is 12.2. The fourth-order valence-corrected chi connectivity index (χ4v) is 4.67. The van der Waals surface area contributed by atoms with Crippen LogP contribution in [0.3, 0.4) is 0 Å². The highest BCUT2D eigenvalue weighted by Crippen LogP contribution is 2.36. The van der Waals surface area contributed by atoms with Gasteiger partial charge >= 0.3 is 5.97 Å². The van der Waals surface area contributed by atoms with E-state index in [0.717, 1.165) is 50.3 Å². The molecule has 3 aromatic rings. The molecule has 3 nitrogen and oxygen atoms in total. The smallest absolute Gasteiger partial charge is 0.336 e. The van der Waals surface area contributed by atoms with Gasteiger partial charge in [0.05, 0.1) is 10.4 Å². The second kappa shape index (κ2) is 8.11. The third kappa shape index (κ3) is 3.65. The van der Waals surface area contributed by atoms with Gasteiger partial charge in [-0.15, -0.1) is 11.3 Å². The number of carboxylic acid groups (broad SMARTS) is 1. The molecule has 28 heavy (non-hydrogen) atoms. The average Bonchev–Trinajstić information content (AvgIpc) is 3.15. The number of aromatic carboxylic acids is 1. The lowest BCUT2D eigenvalue weighted by Crippen LogP contribution is -2.06. The molecule has 0 aliphatic rings. The molecule has 1 N–H and O–H groups in total. The summed E-state index contributed by atoms with van der Waals surface area (Å²) in [5, 5.41) is 9.56. The molecule has 0 aliphatic carbocycles. The molecule has 0 saturated carbocycles. The predicted octanol–water partition coefficient (Wildman–Crippen LogP) is 6.33. The van der Waals surface area contributed by atoms with Crippen molar-refractivity contribution in [3.8, 4) is 21.6 Å². The molecule has 0 atom stereocenters. The monoisotopic (exact) mass is 392 g/mol. The van der Waals surface area contributed by atoms with Gasteiger partial charge in [-0.25, -0.2) is 4.79 Å². The van der Waals surface area contributed by atoms with Gasteiger partial charge < -0.3 is 5.11 Å². The van der Waals surface area contributed by atoms with Gasteiger partial charge in [0, 0.05) is 4.88 Å². The molecule has 1 aromatic heterocycles. The minimum absolute atomic E-state index is 0.415. The molecule has 3 rings (SSSR count). The van der Waals surface area contributed by atoms with Crippen LogP contribution < -0.4 is 0 Å². The van der Waals surface area contributed by atoms with Crippen LogP contribution in [0.2, 0.25) is 0 Å². The van der Waals surface area contributed by atoms with Gasteiger partial charge in [-0.3, -0.25) is 4.79 Å². The lowest BCUT2D eigenvalue weighted by atomic mass is 9.87. The maximum Gasteiger partial charge on any atom is 0.336 e. The van der Waals surface area contributed by atoms with E-state index < -0.39 is 5.97 Å². The zero-order chi connectivity index (χ0) is 20.4. The number of benzene rings is 2. The Labute approximate surface area is 169 Å². The van der Waals surface area contributed by atoms with Crippen molar-refractivity contribution in [3.05, 3.63) is 69.1 Å². The van der Waals surface area contributed by atoms with Gasteiger partial charge in [0.1, 0.15) is 0 Å². The molecular formula is C24H24O3S. The summed E-state index contributed by atoms with van der Waals surface area (Å²) in [7, 11) is 0. The normalized spacial score (nSPS) is 10.9. The molecule has 144 valence electrons. The number of aryl methyl sites for hydroxylation is 4. The highest BCUT2D eigenvalue weighted by Gasteiger charge is 2.17. The molecule has 0 aliphatic heterocycles. The lowest BCUT2D eigenvalue weighted by Gasteiger charge is -2.17. The molecule has 0 spiro atoms. The topological polar surface area (TPSA) is 54.4 Å². The molecule has 2 aromatic carbocycles. The van der Waals surface area contributed by atoms with E-state index in [1.54, 1.807) is 0 Å². The largest absolute Gasteiger partial charge is 0.478 e. The average molecular weight is 393 g/mol. The summed E-state index contributed by atoms with van der Waals surface area (Å²) in [4.78, 5) is 24.5. The first kappa shape index (κ1) is 20.0. The van der Waals surface area contributed by atoms with Crippen LogP contribution >= 0.6 is 11.3 Å². The Morgan fingerprint density at radius 2 is 1.61 bits per heavy atom. The van der Waals surface area contributed by atoms with Crippen molar-refractivity contribution in [3.63, 3.8) is 0 Å². The molecule has 0 unspecified atom stereocenters. The van der Waals surface area contributed by atoms with Crippen LogP contribution in [-0.2, 0) is 12.8 Å². The summed E-state index contributed by atoms with van der Waals surface area (Å²) in [5.74, 6) is -0.868. The highest BCUT2D eigenvalue weighted by molar-refractivity contribution is 7.17. The van der Waals surface area contributed by atoms with Crippen LogP contribution in [0.15, 0.2) is 36.4 Å². The van der Waals surface area contributed by atoms with Crippen LogP contribution in [-0.4, -0.2) is 17.4 Å². The molecule has 4 heteroatoms. The van der Waals surface area contributed by atoms with Gasteiger partial charge in [-0.1, -0.05) is 26.0 Å². The van der Waals surface area contributed by atoms with Gasteiger partial charge in [0.2, 0.25) is 0 Å². The number of carboxylic acids is 1. The maximum atomic E-state index is 11.6. The Balaban J connectivity index is 2.18. The molecule has 0 radical (unpaired) electrons. The Morgan fingerprint density at radius 1 is 0.964 bits per heavy atom. The molecule has 0 fully saturated rings. The predicted molar refractivity (Wildman–Crippen MR) is 116 cm³/mol. The second-order valence-corrected chi connectivity index (χ2v) is 8.10. The van der Waals surface area contributed by atoms with E-state index in [-0.39, 0.29) is 0 Å². The number of carbonyl (C=O) groups is 2. The van der Waals surface area contributed by atoms with Crippen molar-refractivity contribution in [2.45, 2.75) is 40.5 Å². The number of hydrogen-bond acceptors (Lipinski definition) is 3. The van der Waals surface area contributed by atoms with Crippen LogP contribution in [0.4, 0.5) is 0 Å². The van der Waals surface area contributed by atoms with Crippen molar-refractivity contribution < 1.29 is 14.7 Å². The number of thiophene rings is 1. The second-order valence-electron chi connectivity index (χ2n) is 6.99. The molecule has 1 heterocycles. The van der Waals surface area contributed by atoms with Crippen molar-refractivity contribution in [2.24, 2.45) is 0 Å². The fourth-order valence-electron chi connectivity index (χ4n) is 3.86. The van der Waals surface area contributed by atoms with E-state index in [1.165, 1.54) is 22.5 Å². The highest BCUT2D eigenvalue weighted by atomic mass is 32.1. The first-order valence-corrected chi connectivity index (χ1v) is 10.3. The number of aldehydes is 1. The van der Waals surface area contributed by atoms with E-state index >= 15 is 0 Å². The fraction of sp³-hybridized carbons (Fsp3) is 0.250. The first-order valence-electron chi connectivity index (χ1n) is 9.45. The van der Waals surface area contributed by atoms with Crippen molar-refractivity contribution >= 4 is 23.6 Å². The third-order valence-electron chi connectivity index (χ3n) is 5.13. The molecular weight excluding hydrogens is 368 g/mol. The van der Waals surface area contributed by atoms with Crippen LogP contribution in [0.5, 0.6) is 0 Å². The zero-order valence-electron chi connectivity index (χ0n) is 16.6. The Hall–Kier alpha value is -2.72. The Bertz CT molecular complexity index is 1060. The molecule has 0 amide bonds. The van der Waals surface area contributed by atoms with Crippen LogP contribution in [0, 0.1) is 13.8 Å². The van der Waals surface area contributed by atoms with Crippen molar-refractivity contribution in [2.75, 3.05) is 0 Å². The van der Waals surface area contributed by atoms with E-state index in [4.69, 9.17) is 0 Å². The number of hydrogen-bond donors (Lipinski definition) is 1. The van der Waals surface area contributed by atoms with E-state index in [9.17, 15) is 14.7 Å². The Kier molecular flexibility index (Phi) is 5.80. The number of carbonyl (C=O) groups excluding carboxylic acids is 1. The van der Waals surface area contributed by atoms with E-state index in [2.05, 4.69) is 26.0 Å². The first-order chi connectivity index (χ1) is 13.4. The quantitative estimate of drug-likeness (QED) is 0.498. The minimum Gasteiger partial charge on any atom is -0.478 e. The summed E-state index contributed by atoms with van der Waals surface area (Å²) in [6.45, 7) is 8.09. The van der Waals surface area contributed by atoms with Crippen molar-refractivity contribution in [1.29, 1.82) is 0 Å². The lowest BCUT2D eigenvalue weighted by molar-refractivity contribution is 0.0695. The number of rotatable bonds is 6. The van der Waals surface area contributed by atoms with Crippen LogP contribution in [0.1, 0.15) is 56.1 Å². The summed E-state index contributed by atoms with van der Waals surface area (Å²) in [6.07, 6.45) is 2.44. The molecule has 0 saturated heterocycles. The van der Waals surface area contributed by atoms with E-state index in [1.807, 2.05) is 38.1 Å². The van der Waals surface area contributed by atoms with Crippen molar-refractivity contribution in [1.82, 2.24) is 0 Å². The summed E-state index contributed by atoms with van der Waals surface area (Å²) >= 11 is 1.50. The Morgan fingerprint density at radius 3 is 2.18 bits per heavy atom. The maximum absolute atomic E-state index is 11.6. The minimum atomic E-state index is -0.868. The SMILES string of the molecule is CCc1cc(-c2c(C)cc(-c3ccc(C=O)s3)cc2CC)cc(C)c1C(=O)O. The molecule has 0 bridgehead atoms. The zero-order valence-corrected chi connectivity index (χ0v) is 17.4. The van der Waals surface area contributed by atoms with Gasteiger partial charge in [0.25, 0.3) is 0 Å². The van der Waals surface area contributed by atoms with Gasteiger partial charge in [0.15, 0.2) is 6.29 Å². The summed E-state index contributed by atoms with van der Waals surface area (Å²) in [5.41, 5.74) is 7.81. The van der Waals surface area contributed by atoms with Crippen LogP contribution in [0.25, 0.3) is 21.6 Å².